The molecule has 0 saturated heterocycles. The molecule has 0 N–H and O–H groups in total. The molecule has 2 aromatic heterocycles. The Bertz CT molecular complexity index is 984. The van der Waals surface area contributed by atoms with Crippen LogP contribution in [0.2, 0.25) is 0 Å². The number of nitriles is 2. The van der Waals surface area contributed by atoms with Crippen molar-refractivity contribution in [2.75, 3.05) is 0 Å². The van der Waals surface area contributed by atoms with Gasteiger partial charge in [-0.05, 0) is 0 Å². The third-order valence-electron chi connectivity index (χ3n) is 2.91. The van der Waals surface area contributed by atoms with Gasteiger partial charge in [-0.1, -0.05) is 48.5 Å². The molecule has 38 heavy (non-hydrogen) atoms. The number of rotatable bonds is 0. The zero-order chi connectivity index (χ0) is 28.0. The predicted molar refractivity (Wildman–Crippen MR) is 122 cm³/mol. The summed E-state index contributed by atoms with van der Waals surface area (Å²) in [5.41, 5.74) is 0. The second kappa shape index (κ2) is 24.5. The first-order chi connectivity index (χ1) is 16.8. The Labute approximate surface area is 244 Å². The fourth-order valence-electron chi connectivity index (χ4n) is 1.87. The van der Waals surface area contributed by atoms with E-state index >= 15 is 0 Å². The number of aromatic nitrogens is 4. The van der Waals surface area contributed by atoms with Gasteiger partial charge in [-0.2, -0.15) is 30.9 Å². The van der Waals surface area contributed by atoms with Crippen LogP contribution in [0.3, 0.4) is 0 Å². The van der Waals surface area contributed by atoms with Gasteiger partial charge >= 0.3 is 59.3 Å². The third kappa shape index (κ3) is 31.2. The van der Waals surface area contributed by atoms with Crippen molar-refractivity contribution in [1.29, 1.82) is 10.5 Å². The molecule has 0 saturated carbocycles. The van der Waals surface area contributed by atoms with Crippen LogP contribution >= 0.6 is 0 Å². The zero-order valence-electron chi connectivity index (χ0n) is 19.4. The molecule has 0 radical (unpaired) electrons. The molecule has 0 aliphatic carbocycles. The van der Waals surface area contributed by atoms with Crippen molar-refractivity contribution in [3.63, 3.8) is 0 Å². The van der Waals surface area contributed by atoms with Crippen molar-refractivity contribution in [2.24, 2.45) is 0 Å². The second-order valence-corrected chi connectivity index (χ2v) is 5.67. The van der Waals surface area contributed by atoms with Gasteiger partial charge in [-0.15, -0.1) is 0 Å². The smallest absolute Gasteiger partial charge is 0.418 e. The fraction of sp³-hybridized carbons (Fsp3) is 0.100. The molecule has 0 spiro atoms. The van der Waals surface area contributed by atoms with Gasteiger partial charge in [0.25, 0.3) is 0 Å². The third-order valence-corrected chi connectivity index (χ3v) is 2.91. The SMILES string of the molecule is CC#N.CC#N.F[B-](F)(F)F.F[B-](F)(F)F.[Ag+].[Ag+].c1ccc2cnncc2c1.c1ccc2cnncc2c1. The van der Waals surface area contributed by atoms with E-state index < -0.39 is 14.5 Å². The van der Waals surface area contributed by atoms with Crippen LogP contribution in [0.1, 0.15) is 13.8 Å². The maximum Gasteiger partial charge on any atom is 1.00 e. The molecule has 0 aliphatic rings. The van der Waals surface area contributed by atoms with Gasteiger partial charge in [0.2, 0.25) is 0 Å². The van der Waals surface area contributed by atoms with Gasteiger partial charge < -0.3 is 34.5 Å². The maximum absolute atomic E-state index is 9.75. The summed E-state index contributed by atoms with van der Waals surface area (Å²) in [4.78, 5) is 0. The first-order valence-electron chi connectivity index (χ1n) is 9.44. The van der Waals surface area contributed by atoms with Gasteiger partial charge in [0.15, 0.2) is 0 Å². The monoisotopic (exact) mass is 730 g/mol. The van der Waals surface area contributed by atoms with Gasteiger partial charge in [-0.25, -0.2) is 0 Å². The van der Waals surface area contributed by atoms with Crippen molar-refractivity contribution < 1.29 is 79.3 Å². The van der Waals surface area contributed by atoms with E-state index in [4.69, 9.17) is 10.5 Å². The zero-order valence-corrected chi connectivity index (χ0v) is 22.4. The predicted octanol–water partition coefficient (Wildman–Crippen LogP) is 6.91. The van der Waals surface area contributed by atoms with E-state index in [2.05, 4.69) is 20.4 Å². The summed E-state index contributed by atoms with van der Waals surface area (Å²) >= 11 is 0. The van der Waals surface area contributed by atoms with Gasteiger partial charge in [0.05, 0.1) is 36.9 Å². The molecule has 0 amide bonds. The Morgan fingerprint density at radius 2 is 0.632 bits per heavy atom. The molecule has 0 aliphatic heterocycles. The molecule has 4 aromatic rings. The number of hydrogen-bond donors (Lipinski definition) is 0. The molecule has 0 fully saturated rings. The molecule has 2 aromatic carbocycles. The van der Waals surface area contributed by atoms with Crippen LogP contribution < -0.4 is 0 Å². The Balaban J connectivity index is -0.000000194. The molecule has 18 heteroatoms. The molecule has 212 valence electrons. The standard InChI is InChI=1S/2C8H6N2.2C2H3N.2Ag.2BF4/c2*1-2-4-8-6-10-9-5-7(8)3-1;2*1-2-3;;;2*2-1(3,4)5/h2*1-6H;2*1H3;;;;/q;;;;2*+1;2*-1. The molecule has 0 atom stereocenters. The quantitative estimate of drug-likeness (QED) is 0.144. The van der Waals surface area contributed by atoms with E-state index in [9.17, 15) is 34.5 Å². The van der Waals surface area contributed by atoms with Crippen LogP contribution in [0.5, 0.6) is 0 Å². The Hall–Kier alpha value is -2.85. The van der Waals surface area contributed by atoms with Crippen LogP contribution in [0.4, 0.5) is 34.5 Å². The normalized spacial score (nSPS) is 8.84. The van der Waals surface area contributed by atoms with Crippen molar-refractivity contribution in [3.05, 3.63) is 73.3 Å². The second-order valence-electron chi connectivity index (χ2n) is 5.67. The van der Waals surface area contributed by atoms with E-state index in [0.29, 0.717) is 0 Å². The van der Waals surface area contributed by atoms with E-state index in [0.717, 1.165) is 21.5 Å². The first-order valence-corrected chi connectivity index (χ1v) is 9.44. The molecule has 0 bridgehead atoms. The summed E-state index contributed by atoms with van der Waals surface area (Å²) in [6.07, 6.45) is 7.04. The summed E-state index contributed by atoms with van der Waals surface area (Å²) in [5.74, 6) is 0. The summed E-state index contributed by atoms with van der Waals surface area (Å²) in [6, 6.07) is 19.5. The topological polar surface area (TPSA) is 99.1 Å². The van der Waals surface area contributed by atoms with Crippen LogP contribution in [0.15, 0.2) is 73.3 Å². The molecule has 4 rings (SSSR count). The fourth-order valence-corrected chi connectivity index (χ4v) is 1.87. The number of hydrogen-bond acceptors (Lipinski definition) is 6. The molecular formula is C20H18Ag2B2F8N6. The van der Waals surface area contributed by atoms with E-state index in [1.807, 2.05) is 48.5 Å². The maximum atomic E-state index is 9.75. The Morgan fingerprint density at radius 3 is 0.763 bits per heavy atom. The van der Waals surface area contributed by atoms with Crippen molar-refractivity contribution in [1.82, 2.24) is 20.4 Å². The number of halogens is 8. The van der Waals surface area contributed by atoms with E-state index in [1.165, 1.54) is 13.8 Å². The minimum Gasteiger partial charge on any atom is -0.418 e. The minimum atomic E-state index is -6.00. The largest absolute Gasteiger partial charge is 1.00 e. The minimum absolute atomic E-state index is 0. The van der Waals surface area contributed by atoms with E-state index in [1.54, 1.807) is 36.9 Å². The van der Waals surface area contributed by atoms with Gasteiger partial charge in [0, 0.05) is 35.4 Å². The number of fused-ring (bicyclic) bond motifs is 2. The van der Waals surface area contributed by atoms with Crippen molar-refractivity contribution >= 4 is 36.1 Å². The van der Waals surface area contributed by atoms with Crippen LogP contribution in [0.25, 0.3) is 21.5 Å². The summed E-state index contributed by atoms with van der Waals surface area (Å²) < 4.78 is 78.0. The first kappa shape index (κ1) is 42.2. The Kier molecular flexibility index (Phi) is 27.2. The van der Waals surface area contributed by atoms with Crippen molar-refractivity contribution in [3.8, 4) is 12.1 Å². The summed E-state index contributed by atoms with van der Waals surface area (Å²) in [7, 11) is -12.0. The summed E-state index contributed by atoms with van der Waals surface area (Å²) in [5, 5.41) is 34.2. The number of nitrogens with zero attached hydrogens (tertiary/aromatic N) is 6. The molecule has 0 unspecified atom stereocenters. The molecule has 2 heterocycles. The summed E-state index contributed by atoms with van der Waals surface area (Å²) in [6.45, 7) is 2.86. The Morgan fingerprint density at radius 1 is 0.500 bits per heavy atom. The average molecular weight is 732 g/mol. The van der Waals surface area contributed by atoms with Crippen molar-refractivity contribution in [2.45, 2.75) is 13.8 Å². The van der Waals surface area contributed by atoms with Crippen LogP contribution in [-0.4, -0.2) is 34.9 Å². The number of benzene rings is 2. The van der Waals surface area contributed by atoms with E-state index in [-0.39, 0.29) is 44.8 Å². The van der Waals surface area contributed by atoms with Gasteiger partial charge in [-0.3, -0.25) is 0 Å². The molecular weight excluding hydrogens is 714 g/mol. The van der Waals surface area contributed by atoms with Crippen LogP contribution in [0, 0.1) is 22.7 Å². The molecule has 6 nitrogen and oxygen atoms in total. The van der Waals surface area contributed by atoms with Gasteiger partial charge in [0.1, 0.15) is 0 Å². The average Bonchev–Trinajstić information content (AvgIpc) is 2.79. The van der Waals surface area contributed by atoms with Crippen LogP contribution in [-0.2, 0) is 44.8 Å².